The number of nitrogens with two attached hydrogens (primary N) is 1. The molecule has 25 heavy (non-hydrogen) atoms. The zero-order chi connectivity index (χ0) is 15.8. The molecule has 2 heterocycles. The number of piperidine rings is 1. The lowest BCUT2D eigenvalue weighted by Gasteiger charge is -2.33. The number of amides is 1. The summed E-state index contributed by atoms with van der Waals surface area (Å²) < 4.78 is 1.26. The van der Waals surface area contributed by atoms with Crippen LogP contribution in [0, 0.1) is 5.92 Å². The number of thiazole rings is 1. The number of hydrogen-bond donors (Lipinski definition) is 1. The van der Waals surface area contributed by atoms with Crippen molar-refractivity contribution in [3.8, 4) is 0 Å². The molecule has 138 valence electrons. The van der Waals surface area contributed by atoms with Crippen LogP contribution < -0.4 is 5.73 Å². The van der Waals surface area contributed by atoms with Crippen LogP contribution in [0.15, 0.2) is 24.3 Å². The third-order valence-corrected chi connectivity index (χ3v) is 6.55. The van der Waals surface area contributed by atoms with Gasteiger partial charge in [-0.25, -0.2) is 4.98 Å². The van der Waals surface area contributed by atoms with Crippen LogP contribution in [0.2, 0.25) is 0 Å². The Morgan fingerprint density at radius 2 is 1.84 bits per heavy atom. The van der Waals surface area contributed by atoms with Gasteiger partial charge in [0, 0.05) is 25.0 Å². The monoisotopic (exact) mass is 401 g/mol. The molecular formula is C18H25Cl2N3OS. The molecule has 2 aromatic rings. The summed E-state index contributed by atoms with van der Waals surface area (Å²) in [5.74, 6) is 0.848. The molecule has 2 fully saturated rings. The van der Waals surface area contributed by atoms with Crippen molar-refractivity contribution >= 4 is 52.3 Å². The first kappa shape index (κ1) is 20.4. The highest BCUT2D eigenvalue weighted by molar-refractivity contribution is 7.18. The van der Waals surface area contributed by atoms with Crippen molar-refractivity contribution in [3.63, 3.8) is 0 Å². The van der Waals surface area contributed by atoms with Crippen molar-refractivity contribution in [1.29, 1.82) is 0 Å². The van der Waals surface area contributed by atoms with Crippen molar-refractivity contribution in [3.05, 3.63) is 29.3 Å². The maximum absolute atomic E-state index is 12.6. The molecule has 0 bridgehead atoms. The number of para-hydroxylation sites is 1. The highest BCUT2D eigenvalue weighted by Crippen LogP contribution is 2.35. The molecule has 4 nitrogen and oxygen atoms in total. The predicted molar refractivity (Wildman–Crippen MR) is 108 cm³/mol. The van der Waals surface area contributed by atoms with E-state index >= 15 is 0 Å². The minimum absolute atomic E-state index is 0. The number of benzene rings is 1. The molecule has 1 aromatic heterocycles. The fourth-order valence-corrected chi connectivity index (χ4v) is 5.08. The largest absolute Gasteiger partial charge is 0.342 e. The number of carbonyl (C=O) groups excluding carboxylic acids is 1. The van der Waals surface area contributed by atoms with E-state index in [0.717, 1.165) is 50.7 Å². The number of aromatic nitrogens is 1. The Morgan fingerprint density at radius 3 is 2.48 bits per heavy atom. The minimum Gasteiger partial charge on any atom is -0.342 e. The van der Waals surface area contributed by atoms with E-state index in [2.05, 4.69) is 18.2 Å². The molecule has 2 N–H and O–H groups in total. The molecule has 0 spiro atoms. The predicted octanol–water partition coefficient (Wildman–Crippen LogP) is 3.97. The first-order chi connectivity index (χ1) is 11.2. The summed E-state index contributed by atoms with van der Waals surface area (Å²) in [6, 6.07) is 8.39. The molecule has 2 atom stereocenters. The lowest BCUT2D eigenvalue weighted by Crippen LogP contribution is -2.45. The van der Waals surface area contributed by atoms with E-state index in [1.54, 1.807) is 11.3 Å². The zero-order valence-electron chi connectivity index (χ0n) is 14.1. The van der Waals surface area contributed by atoms with Crippen LogP contribution in [0.1, 0.15) is 43.0 Å². The highest BCUT2D eigenvalue weighted by Gasteiger charge is 2.35. The molecule has 1 saturated heterocycles. The van der Waals surface area contributed by atoms with Gasteiger partial charge >= 0.3 is 0 Å². The Morgan fingerprint density at radius 1 is 1.12 bits per heavy atom. The van der Waals surface area contributed by atoms with E-state index in [4.69, 9.17) is 10.7 Å². The SMILES string of the molecule is Cl.Cl.NC1CCCC1C(=O)N1CCC(c2nc3ccccc3s2)CC1. The quantitative estimate of drug-likeness (QED) is 0.827. The fraction of sp³-hybridized carbons (Fsp3) is 0.556. The molecule has 2 aliphatic rings. The minimum atomic E-state index is 0. The average molecular weight is 402 g/mol. The zero-order valence-corrected chi connectivity index (χ0v) is 16.5. The topological polar surface area (TPSA) is 59.2 Å². The van der Waals surface area contributed by atoms with Crippen molar-refractivity contribution in [1.82, 2.24) is 9.88 Å². The van der Waals surface area contributed by atoms with E-state index in [9.17, 15) is 4.79 Å². The van der Waals surface area contributed by atoms with Crippen molar-refractivity contribution in [2.45, 2.75) is 44.1 Å². The van der Waals surface area contributed by atoms with E-state index in [1.807, 2.05) is 11.0 Å². The van der Waals surface area contributed by atoms with Crippen LogP contribution in [0.3, 0.4) is 0 Å². The second-order valence-electron chi connectivity index (χ2n) is 6.82. The fourth-order valence-electron chi connectivity index (χ4n) is 3.94. The summed E-state index contributed by atoms with van der Waals surface area (Å²) in [4.78, 5) is 19.5. The summed E-state index contributed by atoms with van der Waals surface area (Å²) >= 11 is 1.80. The number of carbonyl (C=O) groups is 1. The Hall–Kier alpha value is -0.880. The first-order valence-corrected chi connectivity index (χ1v) is 9.44. The molecule has 1 aliphatic carbocycles. The lowest BCUT2D eigenvalue weighted by atomic mass is 9.95. The van der Waals surface area contributed by atoms with Gasteiger partial charge in [0.15, 0.2) is 0 Å². The maximum atomic E-state index is 12.6. The number of fused-ring (bicyclic) bond motifs is 1. The Balaban J connectivity index is 0.00000113. The van der Waals surface area contributed by atoms with Gasteiger partial charge in [-0.2, -0.15) is 0 Å². The van der Waals surface area contributed by atoms with E-state index in [-0.39, 0.29) is 42.7 Å². The molecule has 1 amide bonds. The molecule has 0 radical (unpaired) electrons. The van der Waals surface area contributed by atoms with Gasteiger partial charge in [-0.1, -0.05) is 18.6 Å². The van der Waals surface area contributed by atoms with Gasteiger partial charge in [-0.3, -0.25) is 4.79 Å². The molecular weight excluding hydrogens is 377 g/mol. The number of nitrogens with zero attached hydrogens (tertiary/aromatic N) is 2. The second-order valence-corrected chi connectivity index (χ2v) is 7.88. The molecule has 2 unspecified atom stereocenters. The smallest absolute Gasteiger partial charge is 0.227 e. The van der Waals surface area contributed by atoms with Gasteiger partial charge in [0.05, 0.1) is 21.1 Å². The Labute approximate surface area is 165 Å². The van der Waals surface area contributed by atoms with Gasteiger partial charge in [0.1, 0.15) is 0 Å². The molecule has 1 saturated carbocycles. The number of likely N-dealkylation sites (tertiary alicyclic amines) is 1. The van der Waals surface area contributed by atoms with Gasteiger partial charge in [-0.15, -0.1) is 36.2 Å². The van der Waals surface area contributed by atoms with Crippen LogP contribution in [0.5, 0.6) is 0 Å². The maximum Gasteiger partial charge on any atom is 0.227 e. The number of halogens is 2. The van der Waals surface area contributed by atoms with Crippen LogP contribution in [0.4, 0.5) is 0 Å². The van der Waals surface area contributed by atoms with Gasteiger partial charge < -0.3 is 10.6 Å². The van der Waals surface area contributed by atoms with Crippen LogP contribution in [-0.4, -0.2) is 34.9 Å². The van der Waals surface area contributed by atoms with Gasteiger partial charge in [0.25, 0.3) is 0 Å². The van der Waals surface area contributed by atoms with Crippen molar-refractivity contribution in [2.24, 2.45) is 11.7 Å². The highest BCUT2D eigenvalue weighted by atomic mass is 35.5. The molecule has 1 aromatic carbocycles. The average Bonchev–Trinajstić information content (AvgIpc) is 3.20. The van der Waals surface area contributed by atoms with Gasteiger partial charge in [-0.05, 0) is 37.8 Å². The summed E-state index contributed by atoms with van der Waals surface area (Å²) in [6.07, 6.45) is 5.11. The number of rotatable bonds is 2. The summed E-state index contributed by atoms with van der Waals surface area (Å²) in [5.41, 5.74) is 7.19. The summed E-state index contributed by atoms with van der Waals surface area (Å²) in [6.45, 7) is 1.70. The standard InChI is InChI=1S/C18H23N3OS.2ClH/c19-14-5-3-4-13(14)18(22)21-10-8-12(9-11-21)17-20-15-6-1-2-7-16(15)23-17;;/h1-2,6-7,12-14H,3-5,8-11,19H2;2*1H. The lowest BCUT2D eigenvalue weighted by molar-refractivity contribution is -0.136. The van der Waals surface area contributed by atoms with Crippen LogP contribution >= 0.6 is 36.2 Å². The third kappa shape index (κ3) is 4.11. The first-order valence-electron chi connectivity index (χ1n) is 8.62. The van der Waals surface area contributed by atoms with Crippen LogP contribution in [0.25, 0.3) is 10.2 Å². The summed E-state index contributed by atoms with van der Waals surface area (Å²) in [5, 5.41) is 1.23. The van der Waals surface area contributed by atoms with E-state index in [1.165, 1.54) is 9.71 Å². The van der Waals surface area contributed by atoms with Gasteiger partial charge in [0.2, 0.25) is 5.91 Å². The summed E-state index contributed by atoms with van der Waals surface area (Å²) in [7, 11) is 0. The van der Waals surface area contributed by atoms with E-state index in [0.29, 0.717) is 5.92 Å². The number of hydrogen-bond acceptors (Lipinski definition) is 4. The molecule has 1 aliphatic heterocycles. The Kier molecular flexibility index (Phi) is 7.09. The Bertz CT molecular complexity index is 682. The van der Waals surface area contributed by atoms with Crippen molar-refractivity contribution in [2.75, 3.05) is 13.1 Å². The molecule has 7 heteroatoms. The van der Waals surface area contributed by atoms with Crippen molar-refractivity contribution < 1.29 is 4.79 Å². The van der Waals surface area contributed by atoms with Crippen LogP contribution in [-0.2, 0) is 4.79 Å². The molecule has 4 rings (SSSR count). The third-order valence-electron chi connectivity index (χ3n) is 5.35. The second kappa shape index (κ2) is 8.67. The normalized spacial score (nSPS) is 24.0. The van der Waals surface area contributed by atoms with E-state index < -0.39 is 0 Å².